The lowest BCUT2D eigenvalue weighted by Crippen LogP contribution is -2.32. The molecule has 2 aliphatic heterocycles. The molecule has 1 aromatic rings. The fourth-order valence-electron chi connectivity index (χ4n) is 2.84. The minimum atomic E-state index is -2.95. The van der Waals surface area contributed by atoms with Gasteiger partial charge in [-0.15, -0.1) is 0 Å². The molecule has 0 saturated carbocycles. The Morgan fingerprint density at radius 1 is 1.40 bits per heavy atom. The van der Waals surface area contributed by atoms with Crippen molar-refractivity contribution < 1.29 is 13.2 Å². The molecular weight excluding hydrogens is 358 g/mol. The summed E-state index contributed by atoms with van der Waals surface area (Å²) in [6.07, 6.45) is 0.877. The summed E-state index contributed by atoms with van der Waals surface area (Å²) in [5, 5.41) is 6.96. The molecule has 0 spiro atoms. The summed E-state index contributed by atoms with van der Waals surface area (Å²) in [6, 6.07) is 5.50. The summed E-state index contributed by atoms with van der Waals surface area (Å²) in [4.78, 5) is 16.8. The number of benzene rings is 1. The highest BCUT2D eigenvalue weighted by Gasteiger charge is 2.42. The van der Waals surface area contributed by atoms with Gasteiger partial charge in [0.1, 0.15) is 0 Å². The topological polar surface area (TPSA) is 87.6 Å². The molecule has 2 heterocycles. The van der Waals surface area contributed by atoms with Crippen LogP contribution in [0.5, 0.6) is 0 Å². The third kappa shape index (κ3) is 4.17. The van der Waals surface area contributed by atoms with Crippen molar-refractivity contribution in [3.63, 3.8) is 0 Å². The normalized spacial score (nSPS) is 25.2. The zero-order chi connectivity index (χ0) is 18.2. The number of nitrogens with zero attached hydrogens (tertiary/aromatic N) is 1. The highest BCUT2D eigenvalue weighted by Crippen LogP contribution is 2.35. The molecule has 1 fully saturated rings. The van der Waals surface area contributed by atoms with Gasteiger partial charge in [-0.3, -0.25) is 9.79 Å². The molecule has 25 heavy (non-hydrogen) atoms. The third-order valence-electron chi connectivity index (χ3n) is 4.55. The summed E-state index contributed by atoms with van der Waals surface area (Å²) >= 11 is 1.47. The first-order valence-electron chi connectivity index (χ1n) is 8.41. The van der Waals surface area contributed by atoms with Crippen LogP contribution in [-0.4, -0.2) is 48.3 Å². The summed E-state index contributed by atoms with van der Waals surface area (Å²) < 4.78 is 23.3. The summed E-state index contributed by atoms with van der Waals surface area (Å²) in [5.74, 6) is 0.223. The first kappa shape index (κ1) is 18.3. The van der Waals surface area contributed by atoms with E-state index in [-0.39, 0.29) is 34.7 Å². The number of carbonyl (C=O) groups excluding carboxylic acids is 1. The van der Waals surface area contributed by atoms with E-state index >= 15 is 0 Å². The quantitative estimate of drug-likeness (QED) is 0.835. The molecule has 3 atom stereocenters. The lowest BCUT2D eigenvalue weighted by atomic mass is 10.1. The van der Waals surface area contributed by atoms with E-state index in [1.165, 1.54) is 11.8 Å². The van der Waals surface area contributed by atoms with Gasteiger partial charge in [0.25, 0.3) is 5.91 Å². The number of aryl methyl sites for hydroxylation is 1. The average Bonchev–Trinajstić information content (AvgIpc) is 3.01. The SMILES string of the molecule is CC[C@H](C)NC(=O)c1ccc(C)c(NC2=N[C@@H]3CS(=O)(=O)C[C@@H]3S2)c1. The molecular formula is C17H23N3O3S2. The van der Waals surface area contributed by atoms with E-state index in [9.17, 15) is 13.2 Å². The van der Waals surface area contributed by atoms with Gasteiger partial charge in [0.05, 0.1) is 17.5 Å². The number of nitrogens with one attached hydrogen (secondary N) is 2. The van der Waals surface area contributed by atoms with Crippen molar-refractivity contribution in [3.05, 3.63) is 29.3 Å². The van der Waals surface area contributed by atoms with Crippen LogP contribution >= 0.6 is 11.8 Å². The molecule has 0 unspecified atom stereocenters. The molecule has 8 heteroatoms. The monoisotopic (exact) mass is 381 g/mol. The lowest BCUT2D eigenvalue weighted by molar-refractivity contribution is 0.0939. The molecule has 3 rings (SSSR count). The molecule has 0 aliphatic carbocycles. The van der Waals surface area contributed by atoms with E-state index in [1.54, 1.807) is 0 Å². The predicted molar refractivity (Wildman–Crippen MR) is 103 cm³/mol. The first-order valence-corrected chi connectivity index (χ1v) is 11.1. The molecule has 1 aromatic carbocycles. The van der Waals surface area contributed by atoms with Gasteiger partial charge < -0.3 is 10.6 Å². The van der Waals surface area contributed by atoms with Crippen LogP contribution in [0.25, 0.3) is 0 Å². The smallest absolute Gasteiger partial charge is 0.251 e. The number of rotatable bonds is 4. The highest BCUT2D eigenvalue weighted by atomic mass is 32.2. The number of carbonyl (C=O) groups is 1. The third-order valence-corrected chi connectivity index (χ3v) is 7.69. The lowest BCUT2D eigenvalue weighted by Gasteiger charge is -2.14. The van der Waals surface area contributed by atoms with Gasteiger partial charge in [-0.1, -0.05) is 24.8 Å². The molecule has 2 aliphatic rings. The second-order valence-electron chi connectivity index (χ2n) is 6.67. The second kappa shape index (κ2) is 6.99. The van der Waals surface area contributed by atoms with Crippen LogP contribution < -0.4 is 10.6 Å². The number of fused-ring (bicyclic) bond motifs is 1. The Hall–Kier alpha value is -1.54. The highest BCUT2D eigenvalue weighted by molar-refractivity contribution is 8.15. The number of hydrogen-bond donors (Lipinski definition) is 2. The van der Waals surface area contributed by atoms with E-state index < -0.39 is 9.84 Å². The van der Waals surface area contributed by atoms with Crippen molar-refractivity contribution in [2.75, 3.05) is 16.8 Å². The van der Waals surface area contributed by atoms with Crippen molar-refractivity contribution in [2.45, 2.75) is 44.5 Å². The molecule has 6 nitrogen and oxygen atoms in total. The van der Waals surface area contributed by atoms with E-state index in [1.807, 2.05) is 39.0 Å². The molecule has 0 bridgehead atoms. The van der Waals surface area contributed by atoms with Gasteiger partial charge in [0, 0.05) is 22.5 Å². The minimum absolute atomic E-state index is 0.00434. The van der Waals surface area contributed by atoms with Crippen LogP contribution in [-0.2, 0) is 9.84 Å². The standard InChI is InChI=1S/C17H23N3O3S2/c1-4-11(3)18-16(21)12-6-5-10(2)13(7-12)19-17-20-14-8-25(22,23)9-15(14)24-17/h5-7,11,14-15H,4,8-9H2,1-3H3,(H,18,21)(H,19,20)/t11-,14+,15-/m0/s1. The maximum atomic E-state index is 12.3. The number of amidine groups is 1. The van der Waals surface area contributed by atoms with Crippen LogP contribution in [0.2, 0.25) is 0 Å². The van der Waals surface area contributed by atoms with E-state index in [2.05, 4.69) is 15.6 Å². The van der Waals surface area contributed by atoms with Gasteiger partial charge in [-0.2, -0.15) is 0 Å². The van der Waals surface area contributed by atoms with Crippen molar-refractivity contribution in [2.24, 2.45) is 4.99 Å². The van der Waals surface area contributed by atoms with Gasteiger partial charge in [-0.25, -0.2) is 8.42 Å². The Bertz CT molecular complexity index is 820. The number of anilines is 1. The van der Waals surface area contributed by atoms with Crippen LogP contribution in [0, 0.1) is 6.92 Å². The Kier molecular flexibility index (Phi) is 5.11. The van der Waals surface area contributed by atoms with Gasteiger partial charge in [-0.05, 0) is 38.0 Å². The Labute approximate surface area is 152 Å². The molecule has 1 amide bonds. The van der Waals surface area contributed by atoms with Crippen LogP contribution in [0.15, 0.2) is 23.2 Å². The maximum absolute atomic E-state index is 12.3. The number of amides is 1. The molecule has 0 radical (unpaired) electrons. The summed E-state index contributed by atoms with van der Waals surface area (Å²) in [6.45, 7) is 5.96. The average molecular weight is 382 g/mol. The van der Waals surface area contributed by atoms with Crippen LogP contribution in [0.4, 0.5) is 5.69 Å². The zero-order valence-corrected chi connectivity index (χ0v) is 16.2. The summed E-state index contributed by atoms with van der Waals surface area (Å²) in [7, 11) is -2.95. The van der Waals surface area contributed by atoms with E-state index in [0.29, 0.717) is 5.56 Å². The van der Waals surface area contributed by atoms with Crippen LogP contribution in [0.3, 0.4) is 0 Å². The molecule has 1 saturated heterocycles. The Morgan fingerprint density at radius 3 is 2.84 bits per heavy atom. The second-order valence-corrected chi connectivity index (χ2v) is 10.1. The predicted octanol–water partition coefficient (Wildman–Crippen LogP) is 2.20. The molecule has 136 valence electrons. The van der Waals surface area contributed by atoms with Crippen LogP contribution in [0.1, 0.15) is 36.2 Å². The fourth-order valence-corrected chi connectivity index (χ4v) is 6.51. The number of aliphatic imine (C=N–C) groups is 1. The number of thioether (sulfide) groups is 1. The fraction of sp³-hybridized carbons (Fsp3) is 0.529. The van der Waals surface area contributed by atoms with Crippen molar-refractivity contribution in [1.82, 2.24) is 5.32 Å². The molecule has 0 aromatic heterocycles. The van der Waals surface area contributed by atoms with Gasteiger partial charge >= 0.3 is 0 Å². The number of hydrogen-bond acceptors (Lipinski definition) is 6. The largest absolute Gasteiger partial charge is 0.350 e. The van der Waals surface area contributed by atoms with Gasteiger partial charge in [0.2, 0.25) is 0 Å². The summed E-state index contributed by atoms with van der Waals surface area (Å²) in [5.41, 5.74) is 2.43. The first-order chi connectivity index (χ1) is 11.8. The van der Waals surface area contributed by atoms with Gasteiger partial charge in [0.15, 0.2) is 15.0 Å². The Balaban J connectivity index is 1.73. The minimum Gasteiger partial charge on any atom is -0.350 e. The zero-order valence-electron chi connectivity index (χ0n) is 14.6. The van der Waals surface area contributed by atoms with Crippen molar-refractivity contribution >= 4 is 38.4 Å². The van der Waals surface area contributed by atoms with Crippen molar-refractivity contribution in [3.8, 4) is 0 Å². The van der Waals surface area contributed by atoms with Crippen molar-refractivity contribution in [1.29, 1.82) is 0 Å². The molecule has 2 N–H and O–H groups in total. The number of sulfone groups is 1. The van der Waals surface area contributed by atoms with E-state index in [4.69, 9.17) is 0 Å². The van der Waals surface area contributed by atoms with E-state index in [0.717, 1.165) is 22.8 Å². The maximum Gasteiger partial charge on any atom is 0.251 e. The Morgan fingerprint density at radius 2 is 2.16 bits per heavy atom.